The van der Waals surface area contributed by atoms with Crippen LogP contribution in [0.1, 0.15) is 71.1 Å². The second-order valence-electron chi connectivity index (χ2n) is 8.57. The topological polar surface area (TPSA) is 37.8 Å². The first-order valence-corrected chi connectivity index (χ1v) is 14.3. The monoisotopic (exact) mass is 538 g/mol. The van der Waals surface area contributed by atoms with E-state index in [2.05, 4.69) is 12.0 Å². The third kappa shape index (κ3) is 7.58. The molecule has 0 spiro atoms. The molecule has 0 amide bonds. The molecule has 1 heterocycles. The maximum atomic E-state index is 13.4. The molecule has 3 nitrogen and oxygen atoms in total. The van der Waals surface area contributed by atoms with E-state index in [0.717, 1.165) is 23.4 Å². The Morgan fingerprint density at radius 2 is 1.38 bits per heavy atom. The SMILES string of the molecule is CCCCCCCCCCCCSc1c(-c2ccccc2)[nH]n(-c2c(Cl)cc(Cl)cc2Cl)c1=O. The van der Waals surface area contributed by atoms with Crippen LogP contribution in [-0.2, 0) is 0 Å². The Hall–Kier alpha value is -1.33. The number of aromatic nitrogens is 2. The zero-order valence-corrected chi connectivity index (χ0v) is 22.8. The average molecular weight is 540 g/mol. The number of benzene rings is 2. The van der Waals surface area contributed by atoms with Gasteiger partial charge in [0.05, 0.1) is 15.7 Å². The minimum Gasteiger partial charge on any atom is -0.289 e. The van der Waals surface area contributed by atoms with Gasteiger partial charge in [-0.2, -0.15) is 0 Å². The van der Waals surface area contributed by atoms with E-state index in [9.17, 15) is 4.79 Å². The highest BCUT2D eigenvalue weighted by Gasteiger charge is 2.20. The fourth-order valence-electron chi connectivity index (χ4n) is 4.03. The summed E-state index contributed by atoms with van der Waals surface area (Å²) in [6.07, 6.45) is 12.9. The van der Waals surface area contributed by atoms with Crippen LogP contribution < -0.4 is 5.56 Å². The van der Waals surface area contributed by atoms with Gasteiger partial charge in [-0.05, 0) is 24.3 Å². The standard InChI is InChI=1S/C27H33Cl3N2OS/c1-2-3-4-5-6-7-8-9-10-14-17-34-26-24(20-15-12-11-13-16-20)31-32(27(26)33)25-22(29)18-21(28)19-23(25)30/h11-13,15-16,18-19,31H,2-10,14,17H2,1H3. The molecule has 34 heavy (non-hydrogen) atoms. The van der Waals surface area contributed by atoms with Crippen LogP contribution in [-0.4, -0.2) is 15.5 Å². The maximum absolute atomic E-state index is 13.4. The molecule has 0 saturated heterocycles. The molecule has 1 aromatic heterocycles. The minimum absolute atomic E-state index is 0.151. The zero-order chi connectivity index (χ0) is 24.3. The van der Waals surface area contributed by atoms with Crippen molar-refractivity contribution in [3.63, 3.8) is 0 Å². The molecule has 0 fully saturated rings. The number of nitrogens with zero attached hydrogens (tertiary/aromatic N) is 1. The van der Waals surface area contributed by atoms with Crippen molar-refractivity contribution in [1.29, 1.82) is 0 Å². The molecule has 3 aromatic rings. The van der Waals surface area contributed by atoms with Gasteiger partial charge in [-0.1, -0.05) is 130 Å². The first-order chi connectivity index (χ1) is 16.5. The van der Waals surface area contributed by atoms with Crippen LogP contribution in [0.3, 0.4) is 0 Å². The third-order valence-corrected chi connectivity index (χ3v) is 7.81. The van der Waals surface area contributed by atoms with Gasteiger partial charge in [0, 0.05) is 10.6 Å². The van der Waals surface area contributed by atoms with Gasteiger partial charge in [0.25, 0.3) is 5.56 Å². The summed E-state index contributed by atoms with van der Waals surface area (Å²) in [5, 5.41) is 4.32. The maximum Gasteiger partial charge on any atom is 0.285 e. The van der Waals surface area contributed by atoms with Gasteiger partial charge in [0.15, 0.2) is 0 Å². The predicted molar refractivity (Wildman–Crippen MR) is 149 cm³/mol. The molecule has 3 rings (SSSR count). The Balaban J connectivity index is 1.66. The highest BCUT2D eigenvalue weighted by Crippen LogP contribution is 2.34. The quantitative estimate of drug-likeness (QED) is 0.163. The number of thioether (sulfide) groups is 1. The summed E-state index contributed by atoms with van der Waals surface area (Å²) < 4.78 is 1.43. The van der Waals surface area contributed by atoms with E-state index in [4.69, 9.17) is 34.8 Å². The van der Waals surface area contributed by atoms with Gasteiger partial charge in [0.2, 0.25) is 0 Å². The first-order valence-electron chi connectivity index (χ1n) is 12.2. The minimum atomic E-state index is -0.151. The van der Waals surface area contributed by atoms with Crippen LogP contribution in [0.25, 0.3) is 16.9 Å². The Morgan fingerprint density at radius 3 is 1.97 bits per heavy atom. The molecular formula is C27H33Cl3N2OS. The number of unbranched alkanes of at least 4 members (excludes halogenated alkanes) is 9. The number of aromatic amines is 1. The fourth-order valence-corrected chi connectivity index (χ4v) is 6.09. The highest BCUT2D eigenvalue weighted by atomic mass is 35.5. The lowest BCUT2D eigenvalue weighted by Gasteiger charge is -2.08. The summed E-state index contributed by atoms with van der Waals surface area (Å²) in [6, 6.07) is 13.1. The number of halogens is 3. The zero-order valence-electron chi connectivity index (χ0n) is 19.7. The molecule has 7 heteroatoms. The summed E-state index contributed by atoms with van der Waals surface area (Å²) in [7, 11) is 0. The van der Waals surface area contributed by atoms with Crippen LogP contribution >= 0.6 is 46.6 Å². The molecule has 0 saturated carbocycles. The molecule has 0 atom stereocenters. The molecule has 2 aromatic carbocycles. The van der Waals surface area contributed by atoms with Gasteiger partial charge in [-0.3, -0.25) is 9.89 Å². The van der Waals surface area contributed by atoms with E-state index in [-0.39, 0.29) is 5.56 Å². The molecule has 0 aliphatic heterocycles. The van der Waals surface area contributed by atoms with E-state index in [0.29, 0.717) is 25.7 Å². The third-order valence-electron chi connectivity index (χ3n) is 5.86. The fraction of sp³-hybridized carbons (Fsp3) is 0.444. The van der Waals surface area contributed by atoms with Crippen LogP contribution in [0.15, 0.2) is 52.2 Å². The number of nitrogens with one attached hydrogen (secondary N) is 1. The van der Waals surface area contributed by atoms with Crippen LogP contribution in [0.5, 0.6) is 0 Å². The molecule has 0 bridgehead atoms. The van der Waals surface area contributed by atoms with Crippen molar-refractivity contribution in [2.45, 2.75) is 76.0 Å². The second-order valence-corrected chi connectivity index (χ2v) is 10.9. The Morgan fingerprint density at radius 1 is 0.824 bits per heavy atom. The first kappa shape index (κ1) is 27.3. The van der Waals surface area contributed by atoms with Crippen molar-refractivity contribution in [3.8, 4) is 16.9 Å². The summed E-state index contributed by atoms with van der Waals surface area (Å²) in [5.74, 6) is 0.894. The van der Waals surface area contributed by atoms with Gasteiger partial charge < -0.3 is 0 Å². The van der Waals surface area contributed by atoms with Crippen molar-refractivity contribution >= 4 is 46.6 Å². The summed E-state index contributed by atoms with van der Waals surface area (Å²) in [4.78, 5) is 14.1. The molecule has 0 radical (unpaired) electrons. The molecule has 0 unspecified atom stereocenters. The van der Waals surface area contributed by atoms with Gasteiger partial charge in [0.1, 0.15) is 10.6 Å². The number of rotatable bonds is 14. The van der Waals surface area contributed by atoms with E-state index < -0.39 is 0 Å². The highest BCUT2D eigenvalue weighted by molar-refractivity contribution is 7.99. The lowest BCUT2D eigenvalue weighted by Crippen LogP contribution is -2.16. The molecule has 0 aliphatic rings. The summed E-state index contributed by atoms with van der Waals surface area (Å²) >= 11 is 20.5. The van der Waals surface area contributed by atoms with E-state index in [1.54, 1.807) is 23.9 Å². The number of H-pyrrole nitrogens is 1. The molecular weight excluding hydrogens is 507 g/mol. The van der Waals surface area contributed by atoms with Gasteiger partial charge >= 0.3 is 0 Å². The lowest BCUT2D eigenvalue weighted by molar-refractivity contribution is 0.563. The second kappa shape index (κ2) is 14.3. The molecule has 0 aliphatic carbocycles. The van der Waals surface area contributed by atoms with Crippen LogP contribution in [0.4, 0.5) is 0 Å². The number of hydrogen-bond donors (Lipinski definition) is 1. The van der Waals surface area contributed by atoms with E-state index in [1.165, 1.54) is 62.5 Å². The lowest BCUT2D eigenvalue weighted by atomic mass is 10.1. The summed E-state index contributed by atoms with van der Waals surface area (Å²) in [6.45, 7) is 2.26. The van der Waals surface area contributed by atoms with Crippen molar-refractivity contribution in [3.05, 3.63) is 67.9 Å². The van der Waals surface area contributed by atoms with Crippen LogP contribution in [0, 0.1) is 0 Å². The largest absolute Gasteiger partial charge is 0.289 e. The van der Waals surface area contributed by atoms with Gasteiger partial charge in [-0.25, -0.2) is 4.68 Å². The van der Waals surface area contributed by atoms with Crippen LogP contribution in [0.2, 0.25) is 15.1 Å². The Labute approximate surface area is 222 Å². The van der Waals surface area contributed by atoms with Crippen molar-refractivity contribution < 1.29 is 0 Å². The smallest absolute Gasteiger partial charge is 0.285 e. The Bertz CT molecular complexity index is 1070. The average Bonchev–Trinajstić information content (AvgIpc) is 3.13. The predicted octanol–water partition coefficient (Wildman–Crippen LogP) is 9.81. The molecule has 184 valence electrons. The van der Waals surface area contributed by atoms with Crippen molar-refractivity contribution in [2.24, 2.45) is 0 Å². The van der Waals surface area contributed by atoms with Crippen molar-refractivity contribution in [1.82, 2.24) is 9.78 Å². The summed E-state index contributed by atoms with van der Waals surface area (Å²) in [5.41, 5.74) is 2.00. The van der Waals surface area contributed by atoms with Gasteiger partial charge in [-0.15, -0.1) is 11.8 Å². The van der Waals surface area contributed by atoms with E-state index in [1.807, 2.05) is 30.3 Å². The Kier molecular flexibility index (Phi) is 11.5. The normalized spacial score (nSPS) is 11.3. The number of hydrogen-bond acceptors (Lipinski definition) is 2. The van der Waals surface area contributed by atoms with E-state index >= 15 is 0 Å². The van der Waals surface area contributed by atoms with Crippen molar-refractivity contribution in [2.75, 3.05) is 5.75 Å². The molecule has 1 N–H and O–H groups in total.